The second-order valence-electron chi connectivity index (χ2n) is 7.75. The molecule has 1 amide bonds. The standard InChI is InChI=1S/C21H18Cl2N4O5S2/c22-15-3-1-13(9-18(15)27(29)30)17-11-33-20(25-17)12-5-7-26(8-6-12)21(28)14-2-4-16(23)19(10-14)34(24,31)32/h1-4,9-12H,5-8H2,(H2,24,31,32). The van der Waals surface area contributed by atoms with Crippen LogP contribution in [0.1, 0.15) is 34.1 Å². The summed E-state index contributed by atoms with van der Waals surface area (Å²) in [6.45, 7) is 0.941. The van der Waals surface area contributed by atoms with E-state index in [0.717, 1.165) is 5.01 Å². The first-order valence-corrected chi connectivity index (χ1v) is 13.2. The van der Waals surface area contributed by atoms with Gasteiger partial charge in [0.15, 0.2) is 0 Å². The number of rotatable bonds is 5. The van der Waals surface area contributed by atoms with Gasteiger partial charge in [-0.05, 0) is 37.1 Å². The molecule has 2 aromatic carbocycles. The Hall–Kier alpha value is -2.57. The van der Waals surface area contributed by atoms with Crippen molar-refractivity contribution < 1.29 is 18.1 Å². The number of carbonyl (C=O) groups is 1. The van der Waals surface area contributed by atoms with Crippen LogP contribution in [-0.4, -0.2) is 42.2 Å². The van der Waals surface area contributed by atoms with Crippen LogP contribution in [0.25, 0.3) is 11.3 Å². The van der Waals surface area contributed by atoms with E-state index in [2.05, 4.69) is 4.98 Å². The van der Waals surface area contributed by atoms with Crippen LogP contribution < -0.4 is 5.14 Å². The lowest BCUT2D eigenvalue weighted by Gasteiger charge is -2.31. The van der Waals surface area contributed by atoms with E-state index in [1.165, 1.54) is 41.7 Å². The van der Waals surface area contributed by atoms with Crippen LogP contribution in [0.4, 0.5) is 5.69 Å². The maximum atomic E-state index is 12.9. The van der Waals surface area contributed by atoms with Gasteiger partial charge in [0.1, 0.15) is 9.92 Å². The second kappa shape index (κ2) is 9.59. The molecule has 2 heterocycles. The predicted molar refractivity (Wildman–Crippen MR) is 130 cm³/mol. The number of aromatic nitrogens is 1. The second-order valence-corrected chi connectivity index (χ2v) is 11.0. The molecule has 0 atom stereocenters. The SMILES string of the molecule is NS(=O)(=O)c1cc(C(=O)N2CCC(c3nc(-c4ccc(Cl)c([N+](=O)[O-])c4)cs3)CC2)ccc1Cl. The molecule has 4 rings (SSSR count). The van der Waals surface area contributed by atoms with Crippen molar-refractivity contribution >= 4 is 56.2 Å². The van der Waals surface area contributed by atoms with Crippen LogP contribution in [0.5, 0.6) is 0 Å². The van der Waals surface area contributed by atoms with Crippen LogP contribution >= 0.6 is 34.5 Å². The van der Waals surface area contributed by atoms with Gasteiger partial charge in [-0.3, -0.25) is 14.9 Å². The van der Waals surface area contributed by atoms with Crippen LogP contribution in [0.15, 0.2) is 46.7 Å². The average molecular weight is 541 g/mol. The molecule has 9 nitrogen and oxygen atoms in total. The van der Waals surface area contributed by atoms with Crippen LogP contribution in [0.3, 0.4) is 0 Å². The van der Waals surface area contributed by atoms with Gasteiger partial charge in [0.05, 0.1) is 20.6 Å². The van der Waals surface area contributed by atoms with E-state index >= 15 is 0 Å². The Kier molecular flexibility index (Phi) is 6.92. The van der Waals surface area contributed by atoms with Crippen molar-refractivity contribution in [3.05, 3.63) is 72.5 Å². The van der Waals surface area contributed by atoms with Gasteiger partial charge in [0.25, 0.3) is 11.6 Å². The number of primary sulfonamides is 1. The van der Waals surface area contributed by atoms with Gasteiger partial charge < -0.3 is 4.90 Å². The molecule has 3 aromatic rings. The van der Waals surface area contributed by atoms with E-state index in [0.29, 0.717) is 37.2 Å². The quantitative estimate of drug-likeness (QED) is 0.368. The molecule has 1 aliphatic heterocycles. The molecule has 0 saturated carbocycles. The summed E-state index contributed by atoms with van der Waals surface area (Å²) in [6.07, 6.45) is 1.35. The topological polar surface area (TPSA) is 136 Å². The van der Waals surface area contributed by atoms with Crippen molar-refractivity contribution in [2.45, 2.75) is 23.7 Å². The van der Waals surface area contributed by atoms with Crippen molar-refractivity contribution in [2.75, 3.05) is 13.1 Å². The van der Waals surface area contributed by atoms with Crippen molar-refractivity contribution in [3.63, 3.8) is 0 Å². The number of piperidine rings is 1. The summed E-state index contributed by atoms with van der Waals surface area (Å²) in [6, 6.07) is 8.60. The summed E-state index contributed by atoms with van der Waals surface area (Å²) >= 11 is 13.3. The predicted octanol–water partition coefficient (Wildman–Crippen LogP) is 4.69. The number of nitrogens with zero attached hydrogens (tertiary/aromatic N) is 3. The molecule has 13 heteroatoms. The number of nitrogens with two attached hydrogens (primary N) is 1. The molecule has 1 aromatic heterocycles. The fraction of sp³-hybridized carbons (Fsp3) is 0.238. The smallest absolute Gasteiger partial charge is 0.288 e. The molecule has 1 saturated heterocycles. The number of sulfonamides is 1. The molecular weight excluding hydrogens is 523 g/mol. The third-order valence-electron chi connectivity index (χ3n) is 5.58. The molecule has 0 unspecified atom stereocenters. The molecule has 178 valence electrons. The van der Waals surface area contributed by atoms with Gasteiger partial charge in [-0.1, -0.05) is 29.3 Å². The summed E-state index contributed by atoms with van der Waals surface area (Å²) < 4.78 is 23.4. The zero-order valence-corrected chi connectivity index (χ0v) is 20.6. The minimum atomic E-state index is -4.05. The molecule has 2 N–H and O–H groups in total. The number of halogens is 2. The first-order valence-electron chi connectivity index (χ1n) is 10.1. The highest BCUT2D eigenvalue weighted by molar-refractivity contribution is 7.89. The van der Waals surface area contributed by atoms with Crippen molar-refractivity contribution in [3.8, 4) is 11.3 Å². The molecule has 34 heavy (non-hydrogen) atoms. The van der Waals surface area contributed by atoms with Gasteiger partial charge in [0.2, 0.25) is 10.0 Å². The number of carbonyl (C=O) groups excluding carboxylic acids is 1. The lowest BCUT2D eigenvalue weighted by atomic mass is 9.97. The van der Waals surface area contributed by atoms with Gasteiger partial charge in [-0.2, -0.15) is 0 Å². The molecule has 0 bridgehead atoms. The van der Waals surface area contributed by atoms with E-state index in [4.69, 9.17) is 28.3 Å². The summed E-state index contributed by atoms with van der Waals surface area (Å²) in [5.41, 5.74) is 1.27. The Morgan fingerprint density at radius 2 is 1.82 bits per heavy atom. The molecule has 0 radical (unpaired) electrons. The van der Waals surface area contributed by atoms with E-state index < -0.39 is 14.9 Å². The van der Waals surface area contributed by atoms with Crippen molar-refractivity contribution in [1.82, 2.24) is 9.88 Å². The van der Waals surface area contributed by atoms with Gasteiger partial charge in [-0.25, -0.2) is 18.5 Å². The van der Waals surface area contributed by atoms with Crippen LogP contribution in [0.2, 0.25) is 10.0 Å². The summed E-state index contributed by atoms with van der Waals surface area (Å²) in [5.74, 6) is -0.163. The maximum Gasteiger partial charge on any atom is 0.288 e. The number of likely N-dealkylation sites (tertiary alicyclic amines) is 1. The molecular formula is C21H18Cl2N4O5S2. The summed E-state index contributed by atoms with van der Waals surface area (Å²) in [7, 11) is -4.05. The number of nitro benzene ring substituents is 1. The minimum absolute atomic E-state index is 0.0386. The zero-order chi connectivity index (χ0) is 24.6. The lowest BCUT2D eigenvalue weighted by Crippen LogP contribution is -2.38. The van der Waals surface area contributed by atoms with E-state index in [9.17, 15) is 23.3 Å². The summed E-state index contributed by atoms with van der Waals surface area (Å²) in [5, 5.41) is 19.1. The number of hydrogen-bond acceptors (Lipinski definition) is 7. The van der Waals surface area contributed by atoms with E-state index in [1.54, 1.807) is 11.0 Å². The van der Waals surface area contributed by atoms with Gasteiger partial charge in [-0.15, -0.1) is 11.3 Å². The monoisotopic (exact) mass is 540 g/mol. The minimum Gasteiger partial charge on any atom is -0.339 e. The van der Waals surface area contributed by atoms with E-state index in [-0.39, 0.29) is 38.0 Å². The van der Waals surface area contributed by atoms with Crippen molar-refractivity contribution in [2.24, 2.45) is 5.14 Å². The Labute approximate surface area is 209 Å². The van der Waals surface area contributed by atoms with Gasteiger partial charge in [0, 0.05) is 41.6 Å². The van der Waals surface area contributed by atoms with Crippen molar-refractivity contribution in [1.29, 1.82) is 0 Å². The third-order valence-corrected chi connectivity index (χ3v) is 8.30. The Morgan fingerprint density at radius 3 is 2.47 bits per heavy atom. The Bertz CT molecular complexity index is 1390. The zero-order valence-electron chi connectivity index (χ0n) is 17.5. The normalized spacial score (nSPS) is 14.9. The molecule has 0 aliphatic carbocycles. The molecule has 1 aliphatic rings. The number of benzene rings is 2. The maximum absolute atomic E-state index is 12.9. The summed E-state index contributed by atoms with van der Waals surface area (Å²) in [4.78, 5) is 29.6. The highest BCUT2D eigenvalue weighted by Gasteiger charge is 2.27. The first-order chi connectivity index (χ1) is 16.0. The first kappa shape index (κ1) is 24.6. The number of thiazole rings is 1. The van der Waals surface area contributed by atoms with E-state index in [1.807, 2.05) is 5.38 Å². The van der Waals surface area contributed by atoms with Crippen LogP contribution in [-0.2, 0) is 10.0 Å². The third kappa shape index (κ3) is 5.08. The number of amides is 1. The lowest BCUT2D eigenvalue weighted by molar-refractivity contribution is -0.384. The fourth-order valence-electron chi connectivity index (χ4n) is 3.79. The van der Waals surface area contributed by atoms with Crippen LogP contribution in [0, 0.1) is 10.1 Å². The number of hydrogen-bond donors (Lipinski definition) is 1. The average Bonchev–Trinajstić information content (AvgIpc) is 3.29. The van der Waals surface area contributed by atoms with Gasteiger partial charge >= 0.3 is 0 Å². The highest BCUT2D eigenvalue weighted by atomic mass is 35.5. The highest BCUT2D eigenvalue weighted by Crippen LogP contribution is 2.35. The largest absolute Gasteiger partial charge is 0.339 e. The Morgan fingerprint density at radius 1 is 1.15 bits per heavy atom. The fourth-order valence-corrected chi connectivity index (χ4v) is 6.04. The Balaban J connectivity index is 1.45. The molecule has 1 fully saturated rings. The number of nitro groups is 1. The molecule has 0 spiro atoms.